The summed E-state index contributed by atoms with van der Waals surface area (Å²) in [6.45, 7) is 0.426. The van der Waals surface area contributed by atoms with Crippen LogP contribution >= 0.6 is 0 Å². The van der Waals surface area contributed by atoms with Gasteiger partial charge in [-0.15, -0.1) is 0 Å². The van der Waals surface area contributed by atoms with Crippen LogP contribution in [0.15, 0.2) is 24.3 Å². The highest BCUT2D eigenvalue weighted by atomic mass is 16.7. The summed E-state index contributed by atoms with van der Waals surface area (Å²) in [4.78, 5) is 0. The number of aliphatic hydroxyl groups excluding tert-OH is 1. The summed E-state index contributed by atoms with van der Waals surface area (Å²) in [5, 5.41) is 35.5. The van der Waals surface area contributed by atoms with Crippen molar-refractivity contribution in [2.45, 2.75) is 24.5 Å². The molecule has 0 radical (unpaired) electrons. The Balaban J connectivity index is 1.76. The van der Waals surface area contributed by atoms with Crippen LogP contribution in [-0.4, -0.2) is 42.4 Å². The van der Waals surface area contributed by atoms with Gasteiger partial charge >= 0.3 is 0 Å². The standard InChI is InChI=1S/C20H21NO6/c1-21(24)6-5-11-7-16(25-2)14(22)8-13(11)20(21)9-12-3-4-15-18(27-10-26-15)17(12)19(20)23/h3-4,7-8,19,22-23H,5-6,9-10H2,1-2H3. The van der Waals surface area contributed by atoms with Crippen LogP contribution in [0.1, 0.15) is 28.4 Å². The van der Waals surface area contributed by atoms with E-state index in [0.29, 0.717) is 47.8 Å². The van der Waals surface area contributed by atoms with E-state index in [1.165, 1.54) is 7.11 Å². The lowest BCUT2D eigenvalue weighted by Crippen LogP contribution is -2.61. The maximum atomic E-state index is 13.7. The molecule has 0 saturated heterocycles. The predicted octanol–water partition coefficient (Wildman–Crippen LogP) is 2.12. The van der Waals surface area contributed by atoms with Crippen molar-refractivity contribution in [1.82, 2.24) is 0 Å². The molecule has 7 nitrogen and oxygen atoms in total. The molecule has 0 aromatic heterocycles. The molecule has 2 aromatic carbocycles. The summed E-state index contributed by atoms with van der Waals surface area (Å²) >= 11 is 0. The third kappa shape index (κ3) is 1.96. The van der Waals surface area contributed by atoms with Gasteiger partial charge in [-0.05, 0) is 29.3 Å². The average Bonchev–Trinajstić information content (AvgIpc) is 3.22. The molecule has 5 rings (SSSR count). The van der Waals surface area contributed by atoms with Crippen LogP contribution in [0.25, 0.3) is 0 Å². The molecule has 1 aliphatic carbocycles. The smallest absolute Gasteiger partial charge is 0.231 e. The topological polar surface area (TPSA) is 91.2 Å². The molecule has 27 heavy (non-hydrogen) atoms. The minimum absolute atomic E-state index is 0.0366. The summed E-state index contributed by atoms with van der Waals surface area (Å²) in [5.74, 6) is 1.43. The number of hydrogen-bond acceptors (Lipinski definition) is 6. The van der Waals surface area contributed by atoms with Crippen LogP contribution in [0, 0.1) is 5.21 Å². The quantitative estimate of drug-likeness (QED) is 0.589. The Morgan fingerprint density at radius 1 is 1.26 bits per heavy atom. The Morgan fingerprint density at radius 2 is 2.07 bits per heavy atom. The van der Waals surface area contributed by atoms with Gasteiger partial charge in [-0.3, -0.25) is 0 Å². The monoisotopic (exact) mass is 371 g/mol. The lowest BCUT2D eigenvalue weighted by atomic mass is 9.76. The molecule has 0 fully saturated rings. The van der Waals surface area contributed by atoms with Gasteiger partial charge in [0.1, 0.15) is 6.10 Å². The Bertz CT molecular complexity index is 956. The van der Waals surface area contributed by atoms with Gasteiger partial charge < -0.3 is 34.3 Å². The van der Waals surface area contributed by atoms with Gasteiger partial charge in [0.15, 0.2) is 28.5 Å². The van der Waals surface area contributed by atoms with Crippen LogP contribution in [0.5, 0.6) is 23.0 Å². The van der Waals surface area contributed by atoms with Gasteiger partial charge in [-0.2, -0.15) is 0 Å². The molecule has 1 spiro atoms. The first kappa shape index (κ1) is 16.7. The molecule has 2 aliphatic heterocycles. The van der Waals surface area contributed by atoms with Gasteiger partial charge in [0.2, 0.25) is 6.79 Å². The molecule has 142 valence electrons. The second-order valence-electron chi connectivity index (χ2n) is 7.63. The number of phenols is 1. The first-order valence-electron chi connectivity index (χ1n) is 8.95. The second-order valence-corrected chi connectivity index (χ2v) is 7.63. The molecule has 2 aromatic rings. The highest BCUT2D eigenvalue weighted by Crippen LogP contribution is 2.59. The van der Waals surface area contributed by atoms with Crippen molar-refractivity contribution in [2.75, 3.05) is 27.5 Å². The fourth-order valence-electron chi connectivity index (χ4n) is 4.95. The van der Waals surface area contributed by atoms with Gasteiger partial charge in [0.05, 0.1) is 20.7 Å². The van der Waals surface area contributed by atoms with Crippen molar-refractivity contribution in [3.8, 4) is 23.0 Å². The Kier molecular flexibility index (Phi) is 3.26. The van der Waals surface area contributed by atoms with Gasteiger partial charge in [-0.25, -0.2) is 0 Å². The van der Waals surface area contributed by atoms with E-state index in [4.69, 9.17) is 14.2 Å². The Hall–Kier alpha value is -2.48. The number of aromatic hydroxyl groups is 1. The maximum Gasteiger partial charge on any atom is 0.231 e. The molecule has 2 heterocycles. The molecule has 0 amide bonds. The van der Waals surface area contributed by atoms with E-state index >= 15 is 0 Å². The van der Waals surface area contributed by atoms with Gasteiger partial charge in [0, 0.05) is 24.0 Å². The number of benzene rings is 2. The molecular formula is C20H21NO6. The van der Waals surface area contributed by atoms with E-state index in [9.17, 15) is 15.4 Å². The lowest BCUT2D eigenvalue weighted by molar-refractivity contribution is -0.929. The molecule has 0 bridgehead atoms. The molecule has 3 unspecified atom stereocenters. The number of rotatable bonds is 1. The number of likely N-dealkylation sites (N-methyl/N-ethyl adjacent to an activating group) is 1. The van der Waals surface area contributed by atoms with Crippen molar-refractivity contribution in [3.63, 3.8) is 0 Å². The fourth-order valence-corrected chi connectivity index (χ4v) is 4.95. The Morgan fingerprint density at radius 3 is 2.85 bits per heavy atom. The maximum absolute atomic E-state index is 13.7. The highest BCUT2D eigenvalue weighted by Gasteiger charge is 2.60. The minimum atomic E-state index is -1.15. The number of hydrogen-bond donors (Lipinski definition) is 2. The fraction of sp³-hybridized carbons (Fsp3) is 0.400. The zero-order valence-electron chi connectivity index (χ0n) is 15.2. The van der Waals surface area contributed by atoms with Crippen molar-refractivity contribution < 1.29 is 29.1 Å². The zero-order valence-corrected chi connectivity index (χ0v) is 15.2. The lowest BCUT2D eigenvalue weighted by Gasteiger charge is -2.57. The number of phenolic OH excluding ortho intramolecular Hbond substituents is 1. The first-order valence-corrected chi connectivity index (χ1v) is 8.95. The third-order valence-corrected chi connectivity index (χ3v) is 6.38. The summed E-state index contributed by atoms with van der Waals surface area (Å²) in [5.41, 5.74) is 1.92. The highest BCUT2D eigenvalue weighted by molar-refractivity contribution is 5.60. The Labute approximate surface area is 156 Å². The van der Waals surface area contributed by atoms with Crippen LogP contribution in [-0.2, 0) is 18.4 Å². The number of hydroxylamine groups is 3. The van der Waals surface area contributed by atoms with E-state index in [2.05, 4.69) is 0 Å². The minimum Gasteiger partial charge on any atom is -0.632 e. The SMILES string of the molecule is COc1cc2c(cc1O)C1(Cc3ccc4c(c3C1O)OCO4)[N+](C)([O-])CC2. The normalized spacial score (nSPS) is 30.3. The van der Waals surface area contributed by atoms with Crippen molar-refractivity contribution in [1.29, 1.82) is 0 Å². The first-order chi connectivity index (χ1) is 12.9. The van der Waals surface area contributed by atoms with Crippen LogP contribution in [0.4, 0.5) is 0 Å². The van der Waals surface area contributed by atoms with Crippen LogP contribution in [0.3, 0.4) is 0 Å². The number of nitrogens with zero attached hydrogens (tertiary/aromatic N) is 1. The molecule has 7 heteroatoms. The number of fused-ring (bicyclic) bond motifs is 5. The van der Waals surface area contributed by atoms with E-state index in [1.807, 2.05) is 12.1 Å². The van der Waals surface area contributed by atoms with Gasteiger partial charge in [-0.1, -0.05) is 6.07 Å². The van der Waals surface area contributed by atoms with Crippen molar-refractivity contribution in [3.05, 3.63) is 51.7 Å². The van der Waals surface area contributed by atoms with Crippen molar-refractivity contribution in [2.24, 2.45) is 0 Å². The largest absolute Gasteiger partial charge is 0.632 e. The van der Waals surface area contributed by atoms with Crippen LogP contribution < -0.4 is 14.2 Å². The van der Waals surface area contributed by atoms with Crippen molar-refractivity contribution >= 4 is 0 Å². The second kappa shape index (κ2) is 5.28. The average molecular weight is 371 g/mol. The summed E-state index contributed by atoms with van der Waals surface area (Å²) in [6.07, 6.45) is -0.161. The number of quaternary nitrogens is 1. The molecule has 3 atom stereocenters. The van der Waals surface area contributed by atoms with E-state index in [0.717, 1.165) is 11.1 Å². The van der Waals surface area contributed by atoms with E-state index in [1.54, 1.807) is 19.2 Å². The number of methoxy groups -OCH3 is 1. The van der Waals surface area contributed by atoms with Gasteiger partial charge in [0.25, 0.3) is 0 Å². The molecule has 3 aliphatic rings. The molecule has 0 saturated carbocycles. The van der Waals surface area contributed by atoms with E-state index in [-0.39, 0.29) is 12.5 Å². The summed E-state index contributed by atoms with van der Waals surface area (Å²) in [7, 11) is 3.09. The predicted molar refractivity (Wildman–Crippen MR) is 95.7 cm³/mol. The summed E-state index contributed by atoms with van der Waals surface area (Å²) < 4.78 is 15.7. The zero-order chi connectivity index (χ0) is 19.0. The van der Waals surface area contributed by atoms with E-state index < -0.39 is 16.3 Å². The molecular weight excluding hydrogens is 350 g/mol. The summed E-state index contributed by atoms with van der Waals surface area (Å²) in [6, 6.07) is 7.05. The van der Waals surface area contributed by atoms with Crippen LogP contribution in [0.2, 0.25) is 0 Å². The number of aliphatic hydroxyl groups is 1. The third-order valence-electron chi connectivity index (χ3n) is 6.38. The number of ether oxygens (including phenoxy) is 3. The molecule has 2 N–H and O–H groups in total.